The van der Waals surface area contributed by atoms with E-state index in [1.807, 2.05) is 4.90 Å². The second-order valence-electron chi connectivity index (χ2n) is 3.56. The van der Waals surface area contributed by atoms with E-state index in [9.17, 15) is 4.79 Å². The Morgan fingerprint density at radius 2 is 2.46 bits per heavy atom. The molecule has 3 heteroatoms. The molecule has 1 aliphatic rings. The number of amides is 1. The molecule has 72 valence electrons. The van der Waals surface area contributed by atoms with Crippen molar-refractivity contribution in [2.45, 2.75) is 32.6 Å². The molecule has 0 N–H and O–H groups in total. The third kappa shape index (κ3) is 2.73. The summed E-state index contributed by atoms with van der Waals surface area (Å²) in [5, 5.41) is 8.73. The van der Waals surface area contributed by atoms with Gasteiger partial charge in [0.1, 0.15) is 0 Å². The van der Waals surface area contributed by atoms with Gasteiger partial charge in [-0.25, -0.2) is 0 Å². The number of unbranched alkanes of at least 4 members (excludes halogenated alkanes) is 1. The molecule has 0 aromatic rings. The highest BCUT2D eigenvalue weighted by Gasteiger charge is 2.24. The standard InChI is InChI=1S/C10H16N2O/c1-2-3-6-12-8-9(7-11)4-5-10(12)13/h9H,2-6,8H2,1H3. The lowest BCUT2D eigenvalue weighted by Gasteiger charge is -2.29. The number of nitrogens with zero attached hydrogens (tertiary/aromatic N) is 2. The van der Waals surface area contributed by atoms with Gasteiger partial charge in [-0.15, -0.1) is 0 Å². The summed E-state index contributed by atoms with van der Waals surface area (Å²) in [6.45, 7) is 3.58. The van der Waals surface area contributed by atoms with Gasteiger partial charge in [-0.2, -0.15) is 5.26 Å². The van der Waals surface area contributed by atoms with E-state index in [1.54, 1.807) is 0 Å². The highest BCUT2D eigenvalue weighted by Crippen LogP contribution is 2.16. The molecule has 1 atom stereocenters. The predicted octanol–water partition coefficient (Wildman–Crippen LogP) is 1.55. The van der Waals surface area contributed by atoms with Gasteiger partial charge in [0.2, 0.25) is 5.91 Å². The summed E-state index contributed by atoms with van der Waals surface area (Å²) in [6, 6.07) is 2.24. The first-order valence-electron chi connectivity index (χ1n) is 4.95. The summed E-state index contributed by atoms with van der Waals surface area (Å²) >= 11 is 0. The van der Waals surface area contributed by atoms with E-state index in [0.717, 1.165) is 25.8 Å². The summed E-state index contributed by atoms with van der Waals surface area (Å²) in [5.41, 5.74) is 0. The van der Waals surface area contributed by atoms with Crippen LogP contribution in [0.3, 0.4) is 0 Å². The molecule has 1 rings (SSSR count). The topological polar surface area (TPSA) is 44.1 Å². The molecule has 1 heterocycles. The van der Waals surface area contributed by atoms with E-state index in [1.165, 1.54) is 0 Å². The van der Waals surface area contributed by atoms with Gasteiger partial charge in [0.25, 0.3) is 0 Å². The lowest BCUT2D eigenvalue weighted by atomic mass is 9.99. The van der Waals surface area contributed by atoms with E-state index >= 15 is 0 Å². The Kier molecular flexibility index (Phi) is 3.75. The highest BCUT2D eigenvalue weighted by molar-refractivity contribution is 5.77. The third-order valence-electron chi connectivity index (χ3n) is 2.46. The maximum Gasteiger partial charge on any atom is 0.222 e. The predicted molar refractivity (Wildman–Crippen MR) is 49.8 cm³/mol. The molecule has 1 amide bonds. The normalized spacial score (nSPS) is 22.9. The lowest BCUT2D eigenvalue weighted by molar-refractivity contribution is -0.134. The monoisotopic (exact) mass is 180 g/mol. The molecule has 1 saturated heterocycles. The molecule has 1 unspecified atom stereocenters. The zero-order valence-electron chi connectivity index (χ0n) is 8.12. The highest BCUT2D eigenvalue weighted by atomic mass is 16.2. The van der Waals surface area contributed by atoms with Crippen LogP contribution in [-0.4, -0.2) is 23.9 Å². The number of carbonyl (C=O) groups excluding carboxylic acids is 1. The van der Waals surface area contributed by atoms with Crippen LogP contribution in [0.1, 0.15) is 32.6 Å². The van der Waals surface area contributed by atoms with E-state index < -0.39 is 0 Å². The molecule has 0 bridgehead atoms. The Morgan fingerprint density at radius 1 is 1.69 bits per heavy atom. The molecule has 3 nitrogen and oxygen atoms in total. The maximum absolute atomic E-state index is 11.4. The van der Waals surface area contributed by atoms with Gasteiger partial charge in [0.05, 0.1) is 12.0 Å². The Morgan fingerprint density at radius 3 is 3.08 bits per heavy atom. The molecule has 0 aromatic carbocycles. The second kappa shape index (κ2) is 4.86. The summed E-state index contributed by atoms with van der Waals surface area (Å²) < 4.78 is 0. The molecule has 0 aliphatic carbocycles. The summed E-state index contributed by atoms with van der Waals surface area (Å²) in [4.78, 5) is 13.2. The van der Waals surface area contributed by atoms with Gasteiger partial charge in [0.15, 0.2) is 0 Å². The minimum absolute atomic E-state index is 0.0644. The van der Waals surface area contributed by atoms with Gasteiger partial charge in [-0.05, 0) is 12.8 Å². The number of rotatable bonds is 3. The van der Waals surface area contributed by atoms with Crippen LogP contribution >= 0.6 is 0 Å². The van der Waals surface area contributed by atoms with Crippen molar-refractivity contribution in [2.75, 3.05) is 13.1 Å². The Balaban J connectivity index is 2.41. The molecule has 0 aromatic heterocycles. The fraction of sp³-hybridized carbons (Fsp3) is 0.800. The van der Waals surface area contributed by atoms with Gasteiger partial charge < -0.3 is 4.90 Å². The van der Waals surface area contributed by atoms with E-state index in [2.05, 4.69) is 13.0 Å². The van der Waals surface area contributed by atoms with Crippen molar-refractivity contribution >= 4 is 5.91 Å². The third-order valence-corrected chi connectivity index (χ3v) is 2.46. The number of hydrogen-bond acceptors (Lipinski definition) is 2. The molecule has 13 heavy (non-hydrogen) atoms. The van der Waals surface area contributed by atoms with Crippen molar-refractivity contribution in [3.63, 3.8) is 0 Å². The number of piperidine rings is 1. The summed E-state index contributed by atoms with van der Waals surface area (Å²) in [7, 11) is 0. The van der Waals surface area contributed by atoms with Gasteiger partial charge in [-0.3, -0.25) is 4.79 Å². The van der Waals surface area contributed by atoms with Gasteiger partial charge >= 0.3 is 0 Å². The number of carbonyl (C=O) groups is 1. The molecular weight excluding hydrogens is 164 g/mol. The van der Waals surface area contributed by atoms with Crippen LogP contribution in [-0.2, 0) is 4.79 Å². The van der Waals surface area contributed by atoms with Crippen molar-refractivity contribution < 1.29 is 4.79 Å². The smallest absolute Gasteiger partial charge is 0.222 e. The molecule has 0 spiro atoms. The summed E-state index contributed by atoms with van der Waals surface area (Å²) in [6.07, 6.45) is 3.45. The molecule has 1 aliphatic heterocycles. The summed E-state index contributed by atoms with van der Waals surface area (Å²) in [5.74, 6) is 0.287. The van der Waals surface area contributed by atoms with Crippen LogP contribution in [0.15, 0.2) is 0 Å². The first-order valence-corrected chi connectivity index (χ1v) is 4.95. The Bertz CT molecular complexity index is 219. The zero-order valence-corrected chi connectivity index (χ0v) is 8.12. The van der Waals surface area contributed by atoms with Crippen LogP contribution in [0.4, 0.5) is 0 Å². The maximum atomic E-state index is 11.4. The van der Waals surface area contributed by atoms with Crippen LogP contribution in [0, 0.1) is 17.2 Å². The molecular formula is C10H16N2O. The Hall–Kier alpha value is -1.04. The van der Waals surface area contributed by atoms with Crippen molar-refractivity contribution in [2.24, 2.45) is 5.92 Å². The van der Waals surface area contributed by atoms with E-state index in [4.69, 9.17) is 5.26 Å². The Labute approximate surface area is 79.3 Å². The van der Waals surface area contributed by atoms with Gasteiger partial charge in [0, 0.05) is 19.5 Å². The molecule has 1 fully saturated rings. The molecule has 0 saturated carbocycles. The number of likely N-dealkylation sites (tertiary alicyclic amines) is 1. The van der Waals surface area contributed by atoms with Crippen LogP contribution in [0.25, 0.3) is 0 Å². The van der Waals surface area contributed by atoms with Crippen LogP contribution in [0.2, 0.25) is 0 Å². The average molecular weight is 180 g/mol. The lowest BCUT2D eigenvalue weighted by Crippen LogP contribution is -2.40. The van der Waals surface area contributed by atoms with Crippen LogP contribution in [0.5, 0.6) is 0 Å². The first kappa shape index (κ1) is 10.0. The van der Waals surface area contributed by atoms with E-state index in [0.29, 0.717) is 13.0 Å². The van der Waals surface area contributed by atoms with Crippen molar-refractivity contribution in [1.82, 2.24) is 4.90 Å². The largest absolute Gasteiger partial charge is 0.341 e. The molecule has 0 radical (unpaired) electrons. The quantitative estimate of drug-likeness (QED) is 0.661. The van der Waals surface area contributed by atoms with Crippen molar-refractivity contribution in [1.29, 1.82) is 5.26 Å². The zero-order chi connectivity index (χ0) is 9.68. The minimum Gasteiger partial charge on any atom is -0.341 e. The SMILES string of the molecule is CCCCN1CC(C#N)CCC1=O. The van der Waals surface area contributed by atoms with Crippen molar-refractivity contribution in [3.05, 3.63) is 0 Å². The fourth-order valence-corrected chi connectivity index (χ4v) is 1.59. The second-order valence-corrected chi connectivity index (χ2v) is 3.56. The van der Waals surface area contributed by atoms with E-state index in [-0.39, 0.29) is 11.8 Å². The minimum atomic E-state index is 0.0644. The first-order chi connectivity index (χ1) is 6.27. The number of hydrogen-bond donors (Lipinski definition) is 0. The fourth-order valence-electron chi connectivity index (χ4n) is 1.59. The van der Waals surface area contributed by atoms with Gasteiger partial charge in [-0.1, -0.05) is 13.3 Å². The average Bonchev–Trinajstić information content (AvgIpc) is 2.17. The number of nitriles is 1. The van der Waals surface area contributed by atoms with Crippen LogP contribution < -0.4 is 0 Å². The van der Waals surface area contributed by atoms with Crippen molar-refractivity contribution in [3.8, 4) is 6.07 Å².